The molecule has 2 amide bonds. The van der Waals surface area contributed by atoms with Gasteiger partial charge in [0.05, 0.1) is 22.8 Å². The van der Waals surface area contributed by atoms with Crippen LogP contribution in [-0.2, 0) is 4.74 Å². The van der Waals surface area contributed by atoms with E-state index in [0.29, 0.717) is 10.6 Å². The molecule has 2 rings (SSSR count). The molecule has 25 heavy (non-hydrogen) atoms. The second-order valence-corrected chi connectivity index (χ2v) is 6.79. The summed E-state index contributed by atoms with van der Waals surface area (Å²) in [5.74, 6) is -1.90. The quantitative estimate of drug-likeness (QED) is 0.743. The minimum absolute atomic E-state index is 0.0616. The van der Waals surface area contributed by atoms with Gasteiger partial charge in [-0.1, -0.05) is 23.2 Å². The number of esters is 1. The summed E-state index contributed by atoms with van der Waals surface area (Å²) < 4.78 is 4.95. The zero-order valence-electron chi connectivity index (χ0n) is 13.3. The maximum Gasteiger partial charge on any atom is 0.348 e. The lowest BCUT2D eigenvalue weighted by molar-refractivity contribution is 0.0531. The lowest BCUT2D eigenvalue weighted by Crippen LogP contribution is -2.17. The molecule has 3 N–H and O–H groups in total. The predicted octanol–water partition coefficient (Wildman–Crippen LogP) is 3.89. The molecular weight excluding hydrogens is 387 g/mol. The van der Waals surface area contributed by atoms with Crippen molar-refractivity contribution in [2.24, 2.45) is 5.73 Å². The molecule has 1 aromatic carbocycles. The largest absolute Gasteiger partial charge is 0.462 e. The molecule has 9 heteroatoms. The van der Waals surface area contributed by atoms with Crippen molar-refractivity contribution in [2.45, 2.75) is 13.8 Å². The van der Waals surface area contributed by atoms with Gasteiger partial charge >= 0.3 is 5.97 Å². The van der Waals surface area contributed by atoms with Crippen LogP contribution in [0.15, 0.2) is 18.2 Å². The summed E-state index contributed by atoms with van der Waals surface area (Å²) >= 11 is 12.7. The van der Waals surface area contributed by atoms with Crippen molar-refractivity contribution in [1.82, 2.24) is 0 Å². The number of nitrogens with two attached hydrogens (primary N) is 1. The fourth-order valence-corrected chi connectivity index (χ4v) is 3.73. The van der Waals surface area contributed by atoms with Crippen LogP contribution in [0.4, 0.5) is 5.00 Å². The third-order valence-corrected chi connectivity index (χ3v) is 4.99. The van der Waals surface area contributed by atoms with Gasteiger partial charge in [-0.25, -0.2) is 4.79 Å². The lowest BCUT2D eigenvalue weighted by Gasteiger charge is -2.07. The number of anilines is 1. The van der Waals surface area contributed by atoms with E-state index in [1.54, 1.807) is 13.8 Å². The van der Waals surface area contributed by atoms with Crippen LogP contribution < -0.4 is 11.1 Å². The highest BCUT2D eigenvalue weighted by atomic mass is 35.5. The fourth-order valence-electron chi connectivity index (χ4n) is 2.13. The topological polar surface area (TPSA) is 98.5 Å². The Bertz CT molecular complexity index is 864. The van der Waals surface area contributed by atoms with Crippen LogP contribution in [0, 0.1) is 6.92 Å². The van der Waals surface area contributed by atoms with Crippen LogP contribution in [0.3, 0.4) is 0 Å². The molecule has 0 saturated heterocycles. The Kier molecular flexibility index (Phi) is 6.05. The minimum Gasteiger partial charge on any atom is -0.462 e. The van der Waals surface area contributed by atoms with Crippen LogP contribution in [0.5, 0.6) is 0 Å². The van der Waals surface area contributed by atoms with E-state index in [2.05, 4.69) is 5.32 Å². The first-order valence-corrected chi connectivity index (χ1v) is 8.70. The fraction of sp³-hybridized carbons (Fsp3) is 0.188. The number of carbonyl (C=O) groups is 3. The van der Waals surface area contributed by atoms with Crippen molar-refractivity contribution >= 4 is 57.3 Å². The molecule has 0 aliphatic heterocycles. The molecule has 1 heterocycles. The number of amides is 2. The Morgan fingerprint density at radius 3 is 2.52 bits per heavy atom. The molecule has 0 saturated carbocycles. The first-order chi connectivity index (χ1) is 11.8. The molecule has 1 aromatic heterocycles. The van der Waals surface area contributed by atoms with Gasteiger partial charge in [0, 0.05) is 5.02 Å². The second kappa shape index (κ2) is 7.86. The molecule has 0 fully saturated rings. The van der Waals surface area contributed by atoms with Gasteiger partial charge in [0.2, 0.25) is 0 Å². The summed E-state index contributed by atoms with van der Waals surface area (Å²) in [4.78, 5) is 36.4. The summed E-state index contributed by atoms with van der Waals surface area (Å²) in [7, 11) is 0. The normalized spacial score (nSPS) is 10.4. The molecule has 0 spiro atoms. The molecule has 132 valence electrons. The number of ether oxygens (including phenoxy) is 1. The first-order valence-electron chi connectivity index (χ1n) is 7.13. The van der Waals surface area contributed by atoms with E-state index in [0.717, 1.165) is 11.3 Å². The van der Waals surface area contributed by atoms with Crippen molar-refractivity contribution in [3.05, 3.63) is 49.8 Å². The van der Waals surface area contributed by atoms with Crippen molar-refractivity contribution < 1.29 is 19.1 Å². The average molecular weight is 401 g/mol. The van der Waals surface area contributed by atoms with Crippen molar-refractivity contribution in [2.75, 3.05) is 11.9 Å². The third kappa shape index (κ3) is 4.12. The molecule has 0 bridgehead atoms. The van der Waals surface area contributed by atoms with Gasteiger partial charge in [0.25, 0.3) is 11.8 Å². The monoisotopic (exact) mass is 400 g/mol. The highest BCUT2D eigenvalue weighted by molar-refractivity contribution is 7.18. The van der Waals surface area contributed by atoms with Gasteiger partial charge in [-0.15, -0.1) is 11.3 Å². The van der Waals surface area contributed by atoms with Gasteiger partial charge < -0.3 is 15.8 Å². The maximum absolute atomic E-state index is 12.4. The van der Waals surface area contributed by atoms with E-state index in [1.165, 1.54) is 18.2 Å². The SMILES string of the molecule is CCOC(=O)c1sc(NC(=O)c2ccc(Cl)cc2Cl)c(C(N)=O)c1C. The smallest absolute Gasteiger partial charge is 0.348 e. The molecule has 0 atom stereocenters. The number of primary amides is 1. The van der Waals surface area contributed by atoms with E-state index in [9.17, 15) is 14.4 Å². The van der Waals surface area contributed by atoms with E-state index in [-0.39, 0.29) is 32.6 Å². The summed E-state index contributed by atoms with van der Waals surface area (Å²) in [6.07, 6.45) is 0. The van der Waals surface area contributed by atoms with Gasteiger partial charge in [-0.2, -0.15) is 0 Å². The Morgan fingerprint density at radius 2 is 1.96 bits per heavy atom. The second-order valence-electron chi connectivity index (χ2n) is 4.92. The lowest BCUT2D eigenvalue weighted by atomic mass is 10.1. The number of hydrogen-bond acceptors (Lipinski definition) is 5. The summed E-state index contributed by atoms with van der Waals surface area (Å²) in [6.45, 7) is 3.42. The molecular formula is C16H14Cl2N2O4S. The standard InChI is InChI=1S/C16H14Cl2N2O4S/c1-3-24-16(23)12-7(2)11(13(19)21)15(25-12)20-14(22)9-5-4-8(17)6-10(9)18/h4-6H,3H2,1-2H3,(H2,19,21)(H,20,22). The van der Waals surface area contributed by atoms with Crippen LogP contribution >= 0.6 is 34.5 Å². The zero-order chi connectivity index (χ0) is 18.7. The maximum atomic E-state index is 12.4. The van der Waals surface area contributed by atoms with Crippen LogP contribution in [-0.4, -0.2) is 24.4 Å². The number of rotatable bonds is 5. The summed E-state index contributed by atoms with van der Waals surface area (Å²) in [6, 6.07) is 4.40. The Balaban J connectivity index is 2.41. The van der Waals surface area contributed by atoms with E-state index in [1.807, 2.05) is 0 Å². The summed E-state index contributed by atoms with van der Waals surface area (Å²) in [5, 5.41) is 3.27. The van der Waals surface area contributed by atoms with Crippen molar-refractivity contribution in [3.8, 4) is 0 Å². The molecule has 0 aliphatic rings. The zero-order valence-corrected chi connectivity index (χ0v) is 15.6. The Morgan fingerprint density at radius 1 is 1.28 bits per heavy atom. The van der Waals surface area contributed by atoms with Crippen molar-refractivity contribution in [3.63, 3.8) is 0 Å². The van der Waals surface area contributed by atoms with Gasteiger partial charge in [0.15, 0.2) is 0 Å². The first kappa shape index (κ1) is 19.2. The molecule has 0 unspecified atom stereocenters. The predicted molar refractivity (Wildman–Crippen MR) is 97.9 cm³/mol. The Hall–Kier alpha value is -2.09. The van der Waals surface area contributed by atoms with Crippen LogP contribution in [0.2, 0.25) is 10.0 Å². The molecule has 0 radical (unpaired) electrons. The van der Waals surface area contributed by atoms with E-state index in [4.69, 9.17) is 33.7 Å². The number of halogens is 2. The number of thiophene rings is 1. The average Bonchev–Trinajstić information content (AvgIpc) is 2.83. The number of hydrogen-bond donors (Lipinski definition) is 2. The van der Waals surface area contributed by atoms with Gasteiger partial charge in [-0.05, 0) is 37.6 Å². The van der Waals surface area contributed by atoms with Gasteiger partial charge in [0.1, 0.15) is 9.88 Å². The molecule has 0 aliphatic carbocycles. The Labute approximate surface area is 157 Å². The van der Waals surface area contributed by atoms with Crippen molar-refractivity contribution in [1.29, 1.82) is 0 Å². The van der Waals surface area contributed by atoms with E-state index >= 15 is 0 Å². The number of nitrogens with one attached hydrogen (secondary N) is 1. The van der Waals surface area contributed by atoms with E-state index < -0.39 is 17.8 Å². The summed E-state index contributed by atoms with van der Waals surface area (Å²) in [5.41, 5.74) is 5.98. The minimum atomic E-state index is -0.762. The highest BCUT2D eigenvalue weighted by Gasteiger charge is 2.25. The van der Waals surface area contributed by atoms with Crippen LogP contribution in [0.1, 0.15) is 42.9 Å². The van der Waals surface area contributed by atoms with Gasteiger partial charge in [-0.3, -0.25) is 9.59 Å². The molecule has 6 nitrogen and oxygen atoms in total. The number of benzene rings is 1. The van der Waals surface area contributed by atoms with Crippen LogP contribution in [0.25, 0.3) is 0 Å². The number of carbonyl (C=O) groups excluding carboxylic acids is 3. The third-order valence-electron chi connectivity index (χ3n) is 3.26. The molecule has 2 aromatic rings. The highest BCUT2D eigenvalue weighted by Crippen LogP contribution is 2.34.